The molecule has 0 fully saturated rings. The minimum absolute atomic E-state index is 0.552. The van der Waals surface area contributed by atoms with Crippen LogP contribution in [0, 0.1) is 0 Å². The first-order valence-electron chi connectivity index (χ1n) is 10.2. The number of hydrogen-bond acceptors (Lipinski definition) is 4. The van der Waals surface area contributed by atoms with E-state index in [4.69, 9.17) is 9.15 Å². The second kappa shape index (κ2) is 10.5. The Bertz CT molecular complexity index is 804. The fraction of sp³-hybridized carbons (Fsp3) is 0.440. The van der Waals surface area contributed by atoms with Gasteiger partial charge in [-0.25, -0.2) is 0 Å². The molecular formula is C25H35NO3. The number of ether oxygens (including phenoxy) is 1. The molecule has 0 amide bonds. The molecule has 2 rings (SSSR count). The summed E-state index contributed by atoms with van der Waals surface area (Å²) in [5, 5.41) is 11.2. The first kappa shape index (κ1) is 23.0. The van der Waals surface area contributed by atoms with Crippen molar-refractivity contribution in [3.63, 3.8) is 0 Å². The zero-order valence-corrected chi connectivity index (χ0v) is 18.7. The van der Waals surface area contributed by atoms with Crippen LogP contribution in [0.2, 0.25) is 0 Å². The monoisotopic (exact) mass is 397 g/mol. The third kappa shape index (κ3) is 6.91. The summed E-state index contributed by atoms with van der Waals surface area (Å²) in [6.45, 7) is 12.6. The molecule has 1 aromatic heterocycles. The summed E-state index contributed by atoms with van der Waals surface area (Å²) in [6, 6.07) is 12.0. The van der Waals surface area contributed by atoms with Gasteiger partial charge in [-0.2, -0.15) is 0 Å². The van der Waals surface area contributed by atoms with Crippen LogP contribution in [-0.2, 0) is 18.7 Å². The number of benzene rings is 1. The van der Waals surface area contributed by atoms with Gasteiger partial charge >= 0.3 is 0 Å². The molecule has 4 heteroatoms. The Balaban J connectivity index is 2.19. The Morgan fingerprint density at radius 1 is 1.00 bits per heavy atom. The number of hydrogen-bond donors (Lipinski definition) is 1. The predicted molar refractivity (Wildman–Crippen MR) is 119 cm³/mol. The van der Waals surface area contributed by atoms with Crippen molar-refractivity contribution < 1.29 is 14.3 Å². The largest absolute Gasteiger partial charge is 0.497 e. The fourth-order valence-electron chi connectivity index (χ4n) is 3.48. The Morgan fingerprint density at radius 3 is 2.14 bits per heavy atom. The van der Waals surface area contributed by atoms with Crippen LogP contribution in [0.4, 0.5) is 0 Å². The van der Waals surface area contributed by atoms with Gasteiger partial charge in [0, 0.05) is 6.54 Å². The summed E-state index contributed by atoms with van der Waals surface area (Å²) in [4.78, 5) is 2.35. The first-order chi connectivity index (χ1) is 13.8. The molecule has 0 aliphatic heterocycles. The maximum Gasteiger partial charge on any atom is 0.159 e. The SMILES string of the molecule is CCCN(Cc1ccc(OC)cc1)Cc1ccc(C(O)(C=C(C)C)C=C(C)C)o1. The van der Waals surface area contributed by atoms with Crippen molar-refractivity contribution in [3.05, 3.63) is 76.8 Å². The molecule has 0 saturated carbocycles. The van der Waals surface area contributed by atoms with Crippen LogP contribution in [0.3, 0.4) is 0 Å². The molecule has 0 aliphatic carbocycles. The van der Waals surface area contributed by atoms with E-state index in [9.17, 15) is 5.11 Å². The molecular weight excluding hydrogens is 362 g/mol. The van der Waals surface area contributed by atoms with Gasteiger partial charge in [-0.1, -0.05) is 30.2 Å². The van der Waals surface area contributed by atoms with Gasteiger partial charge in [0.15, 0.2) is 5.60 Å². The number of methoxy groups -OCH3 is 1. The molecule has 1 heterocycles. The Kier molecular flexibility index (Phi) is 8.30. The smallest absolute Gasteiger partial charge is 0.159 e. The second-order valence-corrected chi connectivity index (χ2v) is 8.09. The Labute approximate surface area is 175 Å². The van der Waals surface area contributed by atoms with Gasteiger partial charge in [-0.15, -0.1) is 0 Å². The summed E-state index contributed by atoms with van der Waals surface area (Å²) in [7, 11) is 1.68. The van der Waals surface area contributed by atoms with Crippen molar-refractivity contribution in [3.8, 4) is 5.75 Å². The second-order valence-electron chi connectivity index (χ2n) is 8.09. The maximum absolute atomic E-state index is 11.2. The zero-order valence-electron chi connectivity index (χ0n) is 18.7. The van der Waals surface area contributed by atoms with Crippen molar-refractivity contribution in [2.75, 3.05) is 13.7 Å². The van der Waals surface area contributed by atoms with Gasteiger partial charge < -0.3 is 14.3 Å². The molecule has 0 spiro atoms. The summed E-state index contributed by atoms with van der Waals surface area (Å²) in [6.07, 6.45) is 4.73. The average Bonchev–Trinajstić information content (AvgIpc) is 3.10. The highest BCUT2D eigenvalue weighted by Crippen LogP contribution is 2.29. The standard InChI is InChI=1S/C25H35NO3/c1-7-14-26(17-21-8-10-22(28-6)11-9-21)18-23-12-13-24(29-23)25(27,15-19(2)3)16-20(4)5/h8-13,15-16,27H,7,14,17-18H2,1-6H3. The van der Waals surface area contributed by atoms with E-state index >= 15 is 0 Å². The van der Waals surface area contributed by atoms with Gasteiger partial charge in [0.05, 0.1) is 13.7 Å². The lowest BCUT2D eigenvalue weighted by atomic mass is 9.95. The van der Waals surface area contributed by atoms with E-state index in [1.165, 1.54) is 5.56 Å². The third-order valence-corrected chi connectivity index (χ3v) is 4.56. The molecule has 0 saturated heterocycles. The molecule has 0 bridgehead atoms. The summed E-state index contributed by atoms with van der Waals surface area (Å²) < 4.78 is 11.3. The van der Waals surface area contributed by atoms with Crippen molar-refractivity contribution in [1.29, 1.82) is 0 Å². The van der Waals surface area contributed by atoms with Crippen LogP contribution >= 0.6 is 0 Å². The Morgan fingerprint density at radius 2 is 1.62 bits per heavy atom. The molecule has 0 aliphatic rings. The number of allylic oxidation sites excluding steroid dienone is 2. The van der Waals surface area contributed by atoms with E-state index in [2.05, 4.69) is 24.0 Å². The highest BCUT2D eigenvalue weighted by molar-refractivity contribution is 5.30. The zero-order chi connectivity index (χ0) is 21.4. The van der Waals surface area contributed by atoms with Crippen molar-refractivity contribution >= 4 is 0 Å². The average molecular weight is 398 g/mol. The molecule has 158 valence electrons. The van der Waals surface area contributed by atoms with E-state index in [1.54, 1.807) is 7.11 Å². The quantitative estimate of drug-likeness (QED) is 0.513. The Hall–Kier alpha value is -2.30. The molecule has 1 N–H and O–H groups in total. The summed E-state index contributed by atoms with van der Waals surface area (Å²) in [5.41, 5.74) is 2.09. The summed E-state index contributed by atoms with van der Waals surface area (Å²) in [5.74, 6) is 2.27. The molecule has 0 unspecified atom stereocenters. The van der Waals surface area contributed by atoms with Crippen molar-refractivity contribution in [2.24, 2.45) is 0 Å². The van der Waals surface area contributed by atoms with Gasteiger partial charge in [-0.05, 0) is 82.6 Å². The van der Waals surface area contributed by atoms with Gasteiger partial charge in [0.1, 0.15) is 17.3 Å². The predicted octanol–water partition coefficient (Wildman–Crippen LogP) is 5.82. The molecule has 2 aromatic rings. The molecule has 0 atom stereocenters. The van der Waals surface area contributed by atoms with Crippen LogP contribution in [0.5, 0.6) is 5.75 Å². The number of aliphatic hydroxyl groups is 1. The van der Waals surface area contributed by atoms with E-state index in [0.717, 1.165) is 42.2 Å². The van der Waals surface area contributed by atoms with Crippen LogP contribution < -0.4 is 4.74 Å². The highest BCUT2D eigenvalue weighted by Gasteiger charge is 2.28. The van der Waals surface area contributed by atoms with E-state index in [0.29, 0.717) is 12.3 Å². The third-order valence-electron chi connectivity index (χ3n) is 4.56. The lowest BCUT2D eigenvalue weighted by Gasteiger charge is -2.22. The molecule has 0 radical (unpaired) electrons. The van der Waals surface area contributed by atoms with Gasteiger partial charge in [-0.3, -0.25) is 4.90 Å². The number of nitrogens with zero attached hydrogens (tertiary/aromatic N) is 1. The topological polar surface area (TPSA) is 45.8 Å². The number of furan rings is 1. The van der Waals surface area contributed by atoms with Crippen LogP contribution in [-0.4, -0.2) is 23.7 Å². The summed E-state index contributed by atoms with van der Waals surface area (Å²) >= 11 is 0. The minimum Gasteiger partial charge on any atom is -0.497 e. The molecule has 1 aromatic carbocycles. The van der Waals surface area contributed by atoms with Crippen LogP contribution in [0.15, 0.2) is 64.1 Å². The lowest BCUT2D eigenvalue weighted by Crippen LogP contribution is -2.23. The van der Waals surface area contributed by atoms with Crippen molar-refractivity contribution in [1.82, 2.24) is 4.90 Å². The van der Waals surface area contributed by atoms with Gasteiger partial charge in [0.25, 0.3) is 0 Å². The van der Waals surface area contributed by atoms with Crippen LogP contribution in [0.25, 0.3) is 0 Å². The minimum atomic E-state index is -1.22. The first-order valence-corrected chi connectivity index (χ1v) is 10.2. The fourth-order valence-corrected chi connectivity index (χ4v) is 3.48. The maximum atomic E-state index is 11.2. The van der Waals surface area contributed by atoms with Crippen molar-refractivity contribution in [2.45, 2.75) is 59.7 Å². The van der Waals surface area contributed by atoms with E-state index in [1.807, 2.05) is 64.1 Å². The van der Waals surface area contributed by atoms with E-state index in [-0.39, 0.29) is 0 Å². The number of rotatable bonds is 10. The van der Waals surface area contributed by atoms with Gasteiger partial charge in [0.2, 0.25) is 0 Å². The molecule has 4 nitrogen and oxygen atoms in total. The highest BCUT2D eigenvalue weighted by atomic mass is 16.5. The molecule has 29 heavy (non-hydrogen) atoms. The normalized spacial score (nSPS) is 11.4. The lowest BCUT2D eigenvalue weighted by molar-refractivity contribution is 0.109. The van der Waals surface area contributed by atoms with E-state index < -0.39 is 5.60 Å². The van der Waals surface area contributed by atoms with Crippen LogP contribution in [0.1, 0.15) is 58.1 Å².